The molecule has 0 fully saturated rings. The molecule has 0 amide bonds. The molecule has 0 unspecified atom stereocenters. The zero-order valence-electron chi connectivity index (χ0n) is 26.5. The van der Waals surface area contributed by atoms with E-state index in [9.17, 15) is 0 Å². The normalized spacial score (nSPS) is 11.8. The topological polar surface area (TPSA) is 0 Å². The molecule has 0 spiro atoms. The smallest absolute Gasteiger partial charge is 0.0448 e. The van der Waals surface area contributed by atoms with Gasteiger partial charge in [0.1, 0.15) is 0 Å². The lowest BCUT2D eigenvalue weighted by molar-refractivity contribution is 1.56. The van der Waals surface area contributed by atoms with Gasteiger partial charge in [-0.1, -0.05) is 160 Å². The minimum absolute atomic E-state index is 0.929. The van der Waals surface area contributed by atoms with E-state index in [1.54, 1.807) is 11.3 Å². The first-order chi connectivity index (χ1) is 23.5. The summed E-state index contributed by atoms with van der Waals surface area (Å²) < 4.78 is 4.98. The Kier molecular flexibility index (Phi) is 7.61. The fourth-order valence-corrected chi connectivity index (χ4v) is 9.28. The molecule has 228 valence electrons. The van der Waals surface area contributed by atoms with Crippen LogP contribution in [0.2, 0.25) is 0 Å². The SMILES string of the molecule is C=Cc1ccccc1C(=C)c1ccccccc(C(=C)/C=c2\c(=C)sc3c2ccc2ccc4c5ccccc5sc4c23)c2ccccc12. The Balaban J connectivity index is 1.36. The minimum atomic E-state index is 0.929. The van der Waals surface area contributed by atoms with E-state index in [0.29, 0.717) is 0 Å². The first-order valence-electron chi connectivity index (χ1n) is 15.9. The molecule has 0 aliphatic carbocycles. The van der Waals surface area contributed by atoms with E-state index in [-0.39, 0.29) is 0 Å². The van der Waals surface area contributed by atoms with Crippen molar-refractivity contribution in [2.45, 2.75) is 0 Å². The fraction of sp³-hybridized carbons (Fsp3) is 0. The summed E-state index contributed by atoms with van der Waals surface area (Å²) in [5.41, 5.74) is 6.12. The van der Waals surface area contributed by atoms with Gasteiger partial charge in [0.25, 0.3) is 0 Å². The largest absolute Gasteiger partial charge is 0.135 e. The molecule has 6 aromatic carbocycles. The van der Waals surface area contributed by atoms with Gasteiger partial charge in [-0.05, 0) is 61.7 Å². The molecule has 8 rings (SSSR count). The summed E-state index contributed by atoms with van der Waals surface area (Å²) in [5.74, 6) is 0. The Morgan fingerprint density at radius 2 is 1.10 bits per heavy atom. The standard InChI is InChI=1S/C46H32S2/c1-5-32-16-10-11-18-35(32)30(3)36-19-9-7-6-8-17-34(37-20-12-13-21-38(36)37)29(2)28-42-31(4)47-45-41(42)27-25-33-24-26-40-39-22-14-15-23-43(39)48-46(40)44(33)45/h5-28H,1-4H2/b7-6?,8-6?,9-7?,17-8?,19-9?,34-17?,36-19?,37-34?,38-36?,42-28+. The Bertz CT molecular complexity index is 2800. The van der Waals surface area contributed by atoms with Crippen LogP contribution in [0.3, 0.4) is 0 Å². The van der Waals surface area contributed by atoms with Crippen molar-refractivity contribution in [3.8, 4) is 0 Å². The summed E-state index contributed by atoms with van der Waals surface area (Å²) in [5, 5.41) is 9.75. The molecule has 2 heterocycles. The predicted molar refractivity (Wildman–Crippen MR) is 217 cm³/mol. The summed E-state index contributed by atoms with van der Waals surface area (Å²) in [6, 6.07) is 47.2. The molecule has 0 nitrogen and oxygen atoms in total. The van der Waals surface area contributed by atoms with Crippen LogP contribution in [-0.2, 0) is 0 Å². The summed E-state index contributed by atoms with van der Waals surface area (Å²) >= 11 is 3.66. The van der Waals surface area contributed by atoms with Crippen LogP contribution in [0.4, 0.5) is 0 Å². The van der Waals surface area contributed by atoms with Gasteiger partial charge >= 0.3 is 0 Å². The highest BCUT2D eigenvalue weighted by Crippen LogP contribution is 2.41. The Hall–Kier alpha value is -5.54. The molecule has 0 aliphatic rings. The van der Waals surface area contributed by atoms with Crippen molar-refractivity contribution in [3.63, 3.8) is 0 Å². The highest BCUT2D eigenvalue weighted by atomic mass is 32.1. The molecular weight excluding hydrogens is 617 g/mol. The van der Waals surface area contributed by atoms with E-state index in [4.69, 9.17) is 0 Å². The van der Waals surface area contributed by atoms with Gasteiger partial charge < -0.3 is 0 Å². The number of fused-ring (bicyclic) bond motifs is 8. The van der Waals surface area contributed by atoms with Gasteiger partial charge in [0.15, 0.2) is 0 Å². The van der Waals surface area contributed by atoms with Crippen LogP contribution >= 0.6 is 22.7 Å². The van der Waals surface area contributed by atoms with Gasteiger partial charge in [-0.2, -0.15) is 0 Å². The lowest BCUT2D eigenvalue weighted by Crippen LogP contribution is -2.16. The average Bonchev–Trinajstić information content (AvgIpc) is 3.66. The molecule has 0 saturated carbocycles. The molecule has 8 aromatic rings. The Labute approximate surface area is 288 Å². The molecule has 0 aliphatic heterocycles. The predicted octanol–water partition coefficient (Wildman–Crippen LogP) is 12.3. The van der Waals surface area contributed by atoms with Crippen molar-refractivity contribution in [3.05, 3.63) is 185 Å². The lowest BCUT2D eigenvalue weighted by Gasteiger charge is -2.13. The van der Waals surface area contributed by atoms with E-state index < -0.39 is 0 Å². The summed E-state index contributed by atoms with van der Waals surface area (Å²) in [7, 11) is 0. The quantitative estimate of drug-likeness (QED) is 0.174. The maximum Gasteiger partial charge on any atom is 0.0448 e. The second kappa shape index (κ2) is 12.2. The monoisotopic (exact) mass is 648 g/mol. The lowest BCUT2D eigenvalue weighted by atomic mass is 9.91. The number of allylic oxidation sites excluding steroid dienone is 1. The Morgan fingerprint density at radius 3 is 1.88 bits per heavy atom. The van der Waals surface area contributed by atoms with E-state index in [2.05, 4.69) is 160 Å². The highest BCUT2D eigenvalue weighted by Gasteiger charge is 2.14. The van der Waals surface area contributed by atoms with Crippen molar-refractivity contribution in [2.24, 2.45) is 0 Å². The van der Waals surface area contributed by atoms with Crippen LogP contribution in [0.5, 0.6) is 0 Å². The van der Waals surface area contributed by atoms with Gasteiger partial charge in [0.05, 0.1) is 0 Å². The molecule has 48 heavy (non-hydrogen) atoms. The average molecular weight is 649 g/mol. The minimum Gasteiger partial charge on any atom is -0.135 e. The van der Waals surface area contributed by atoms with Crippen LogP contribution in [0.15, 0.2) is 153 Å². The molecule has 0 bridgehead atoms. The van der Waals surface area contributed by atoms with Crippen LogP contribution in [0, 0.1) is 0 Å². The van der Waals surface area contributed by atoms with E-state index in [1.807, 2.05) is 23.5 Å². The molecule has 2 heteroatoms. The van der Waals surface area contributed by atoms with E-state index in [0.717, 1.165) is 53.9 Å². The second-order valence-electron chi connectivity index (χ2n) is 11.9. The van der Waals surface area contributed by atoms with Crippen molar-refractivity contribution < 1.29 is 0 Å². The second-order valence-corrected chi connectivity index (χ2v) is 14.1. The number of thiophene rings is 2. The first kappa shape index (κ1) is 29.8. The van der Waals surface area contributed by atoms with Gasteiger partial charge in [0, 0.05) is 45.4 Å². The molecule has 0 saturated heterocycles. The number of hydrogen-bond acceptors (Lipinski definition) is 2. The van der Waals surface area contributed by atoms with Crippen LogP contribution in [0.25, 0.3) is 81.7 Å². The highest BCUT2D eigenvalue weighted by molar-refractivity contribution is 7.27. The zero-order chi connectivity index (χ0) is 32.8. The summed E-state index contributed by atoms with van der Waals surface area (Å²) in [6.45, 7) is 17.9. The maximum absolute atomic E-state index is 4.67. The third-order valence-corrected chi connectivity index (χ3v) is 11.5. The molecule has 0 atom stereocenters. The van der Waals surface area contributed by atoms with Crippen molar-refractivity contribution in [2.75, 3.05) is 0 Å². The van der Waals surface area contributed by atoms with Crippen LogP contribution < -0.4 is 9.75 Å². The van der Waals surface area contributed by atoms with Crippen molar-refractivity contribution >= 4 is 104 Å². The van der Waals surface area contributed by atoms with E-state index in [1.165, 1.54) is 41.0 Å². The van der Waals surface area contributed by atoms with Gasteiger partial charge in [-0.25, -0.2) is 0 Å². The van der Waals surface area contributed by atoms with E-state index >= 15 is 0 Å². The third kappa shape index (κ3) is 4.98. The first-order valence-corrected chi connectivity index (χ1v) is 17.6. The van der Waals surface area contributed by atoms with Gasteiger partial charge in [0.2, 0.25) is 0 Å². The molecular formula is C46H32S2. The van der Waals surface area contributed by atoms with Gasteiger partial charge in [-0.3, -0.25) is 0 Å². The maximum atomic E-state index is 4.67. The molecule has 0 N–H and O–H groups in total. The van der Waals surface area contributed by atoms with Crippen molar-refractivity contribution in [1.29, 1.82) is 0 Å². The van der Waals surface area contributed by atoms with Crippen LogP contribution in [0.1, 0.15) is 22.3 Å². The zero-order valence-corrected chi connectivity index (χ0v) is 28.1. The van der Waals surface area contributed by atoms with Gasteiger partial charge in [-0.15, -0.1) is 22.7 Å². The third-order valence-electron chi connectivity index (χ3n) is 9.16. The number of hydrogen-bond donors (Lipinski definition) is 0. The molecule has 2 aromatic heterocycles. The van der Waals surface area contributed by atoms with Crippen molar-refractivity contribution in [1.82, 2.24) is 0 Å². The Morgan fingerprint density at radius 1 is 0.521 bits per heavy atom. The van der Waals surface area contributed by atoms with Crippen LogP contribution in [-0.4, -0.2) is 0 Å². The fourth-order valence-electron chi connectivity index (χ4n) is 6.82. The summed E-state index contributed by atoms with van der Waals surface area (Å²) in [4.78, 5) is 0. The summed E-state index contributed by atoms with van der Waals surface area (Å²) in [6.07, 6.45) is 4.12. The molecule has 0 radical (unpaired) electrons. The number of benzene rings is 5. The number of rotatable bonds is 5.